The largest absolute Gasteiger partial charge is 0.394 e. The van der Waals surface area contributed by atoms with Crippen molar-refractivity contribution in [1.29, 1.82) is 0 Å². The lowest BCUT2D eigenvalue weighted by atomic mass is 9.98. The maximum atomic E-state index is 9.63. The predicted octanol–water partition coefficient (Wildman–Crippen LogP) is 1.87. The van der Waals surface area contributed by atoms with Crippen molar-refractivity contribution in [1.82, 2.24) is 20.7 Å². The van der Waals surface area contributed by atoms with E-state index >= 15 is 0 Å². The molecule has 1 fully saturated rings. The number of nitrogens with one attached hydrogen (secondary N) is 2. The van der Waals surface area contributed by atoms with Crippen LogP contribution in [0.25, 0.3) is 11.3 Å². The van der Waals surface area contributed by atoms with Crippen molar-refractivity contribution < 1.29 is 5.11 Å². The van der Waals surface area contributed by atoms with Crippen molar-refractivity contribution in [3.05, 3.63) is 36.0 Å². The van der Waals surface area contributed by atoms with Gasteiger partial charge in [-0.25, -0.2) is 0 Å². The third-order valence-corrected chi connectivity index (χ3v) is 4.16. The van der Waals surface area contributed by atoms with E-state index in [1.165, 1.54) is 12.8 Å². The SMILES string of the molecule is OCC1(NCc2n[nH]nc2-c2ccccc2)CCCC1. The summed E-state index contributed by atoms with van der Waals surface area (Å²) < 4.78 is 0. The summed E-state index contributed by atoms with van der Waals surface area (Å²) in [4.78, 5) is 0. The molecule has 0 radical (unpaired) electrons. The van der Waals surface area contributed by atoms with E-state index in [2.05, 4.69) is 20.7 Å². The first-order chi connectivity index (χ1) is 9.83. The molecule has 0 amide bonds. The Morgan fingerprint density at radius 2 is 1.90 bits per heavy atom. The molecular formula is C15H20N4O. The molecule has 0 spiro atoms. The average molecular weight is 272 g/mol. The minimum Gasteiger partial charge on any atom is -0.394 e. The molecule has 5 heteroatoms. The van der Waals surface area contributed by atoms with Crippen molar-refractivity contribution in [2.75, 3.05) is 6.61 Å². The third-order valence-electron chi connectivity index (χ3n) is 4.16. The summed E-state index contributed by atoms with van der Waals surface area (Å²) in [6.45, 7) is 0.812. The van der Waals surface area contributed by atoms with Crippen LogP contribution in [-0.2, 0) is 6.54 Å². The molecule has 3 N–H and O–H groups in total. The van der Waals surface area contributed by atoms with Gasteiger partial charge in [0, 0.05) is 17.6 Å². The zero-order valence-corrected chi connectivity index (χ0v) is 11.5. The molecule has 1 aliphatic rings. The fraction of sp³-hybridized carbons (Fsp3) is 0.467. The highest BCUT2D eigenvalue weighted by atomic mass is 16.3. The van der Waals surface area contributed by atoms with Crippen molar-refractivity contribution >= 4 is 0 Å². The van der Waals surface area contributed by atoms with E-state index in [0.717, 1.165) is 29.8 Å². The minimum absolute atomic E-state index is 0.132. The number of aromatic nitrogens is 3. The number of hydrogen-bond donors (Lipinski definition) is 3. The van der Waals surface area contributed by atoms with Crippen LogP contribution in [0.3, 0.4) is 0 Å². The lowest BCUT2D eigenvalue weighted by Crippen LogP contribution is -2.45. The number of hydrogen-bond acceptors (Lipinski definition) is 4. The summed E-state index contributed by atoms with van der Waals surface area (Å²) in [5.74, 6) is 0. The molecule has 0 saturated heterocycles. The molecule has 1 heterocycles. The first kappa shape index (κ1) is 13.3. The first-order valence-corrected chi connectivity index (χ1v) is 7.14. The van der Waals surface area contributed by atoms with Crippen LogP contribution in [0, 0.1) is 0 Å². The maximum absolute atomic E-state index is 9.63. The number of rotatable bonds is 5. The Kier molecular flexibility index (Phi) is 3.80. The fourth-order valence-corrected chi connectivity index (χ4v) is 2.92. The monoisotopic (exact) mass is 272 g/mol. The third kappa shape index (κ3) is 2.59. The highest BCUT2D eigenvalue weighted by molar-refractivity contribution is 5.60. The fourth-order valence-electron chi connectivity index (χ4n) is 2.92. The predicted molar refractivity (Wildman–Crippen MR) is 76.9 cm³/mol. The summed E-state index contributed by atoms with van der Waals surface area (Å²) in [5.41, 5.74) is 2.70. The van der Waals surface area contributed by atoms with Gasteiger partial charge in [0.25, 0.3) is 0 Å². The van der Waals surface area contributed by atoms with Gasteiger partial charge in [0.05, 0.1) is 6.61 Å². The molecule has 1 aliphatic carbocycles. The average Bonchev–Trinajstić information content (AvgIpc) is 3.16. The second-order valence-electron chi connectivity index (χ2n) is 5.48. The van der Waals surface area contributed by atoms with Gasteiger partial charge >= 0.3 is 0 Å². The van der Waals surface area contributed by atoms with E-state index in [1.807, 2.05) is 30.3 Å². The molecule has 0 atom stereocenters. The van der Waals surface area contributed by atoms with Gasteiger partial charge in [-0.15, -0.1) is 0 Å². The first-order valence-electron chi connectivity index (χ1n) is 7.14. The Balaban J connectivity index is 1.74. The van der Waals surface area contributed by atoms with Crippen LogP contribution in [0.15, 0.2) is 30.3 Å². The topological polar surface area (TPSA) is 73.8 Å². The normalized spacial score (nSPS) is 17.4. The van der Waals surface area contributed by atoms with Crippen LogP contribution in [0.1, 0.15) is 31.4 Å². The highest BCUT2D eigenvalue weighted by Crippen LogP contribution is 2.30. The van der Waals surface area contributed by atoms with Crippen molar-refractivity contribution in [3.8, 4) is 11.3 Å². The summed E-state index contributed by atoms with van der Waals surface area (Å²) in [7, 11) is 0. The van der Waals surface area contributed by atoms with E-state index in [1.54, 1.807) is 0 Å². The van der Waals surface area contributed by atoms with Gasteiger partial charge in [-0.3, -0.25) is 0 Å². The second-order valence-corrected chi connectivity index (χ2v) is 5.48. The van der Waals surface area contributed by atoms with Crippen LogP contribution >= 0.6 is 0 Å². The maximum Gasteiger partial charge on any atom is 0.117 e. The lowest BCUT2D eigenvalue weighted by molar-refractivity contribution is 0.162. The van der Waals surface area contributed by atoms with Gasteiger partial charge in [-0.05, 0) is 12.8 Å². The molecule has 1 aromatic carbocycles. The molecule has 0 bridgehead atoms. The number of H-pyrrole nitrogens is 1. The molecule has 106 valence electrons. The molecule has 1 aromatic heterocycles. The Labute approximate surface area is 118 Å². The van der Waals surface area contributed by atoms with Gasteiger partial charge < -0.3 is 10.4 Å². The van der Waals surface area contributed by atoms with Gasteiger partial charge in [-0.1, -0.05) is 43.2 Å². The van der Waals surface area contributed by atoms with Gasteiger partial charge in [0.15, 0.2) is 0 Å². The Hall–Kier alpha value is -1.72. The van der Waals surface area contributed by atoms with Crippen LogP contribution < -0.4 is 5.32 Å². The summed E-state index contributed by atoms with van der Waals surface area (Å²) in [6.07, 6.45) is 4.42. The van der Waals surface area contributed by atoms with E-state index in [4.69, 9.17) is 0 Å². The summed E-state index contributed by atoms with van der Waals surface area (Å²) in [5, 5.41) is 24.3. The van der Waals surface area contributed by atoms with Crippen LogP contribution in [0.5, 0.6) is 0 Å². The quantitative estimate of drug-likeness (QED) is 0.777. The molecule has 3 rings (SSSR count). The van der Waals surface area contributed by atoms with Crippen molar-refractivity contribution in [2.24, 2.45) is 0 Å². The molecule has 0 aliphatic heterocycles. The van der Waals surface area contributed by atoms with E-state index in [0.29, 0.717) is 6.54 Å². The number of aliphatic hydroxyl groups is 1. The smallest absolute Gasteiger partial charge is 0.117 e. The second kappa shape index (κ2) is 5.73. The molecule has 2 aromatic rings. The van der Waals surface area contributed by atoms with Crippen LogP contribution in [-0.4, -0.2) is 32.7 Å². The highest BCUT2D eigenvalue weighted by Gasteiger charge is 2.32. The van der Waals surface area contributed by atoms with E-state index in [9.17, 15) is 5.11 Å². The lowest BCUT2D eigenvalue weighted by Gasteiger charge is -2.27. The molecule has 5 nitrogen and oxygen atoms in total. The number of benzene rings is 1. The van der Waals surface area contributed by atoms with Crippen LogP contribution in [0.4, 0.5) is 0 Å². The van der Waals surface area contributed by atoms with E-state index < -0.39 is 0 Å². The molecule has 0 unspecified atom stereocenters. The number of aliphatic hydroxyl groups excluding tert-OH is 1. The zero-order chi connectivity index (χ0) is 13.8. The standard InChI is InChI=1S/C15H20N4O/c20-11-15(8-4-5-9-15)16-10-13-14(18-19-17-13)12-6-2-1-3-7-12/h1-3,6-7,16,20H,4-5,8-11H2,(H,17,18,19). The Morgan fingerprint density at radius 3 is 2.60 bits per heavy atom. The summed E-state index contributed by atoms with van der Waals surface area (Å²) in [6, 6.07) is 10.0. The Morgan fingerprint density at radius 1 is 1.15 bits per heavy atom. The molecule has 20 heavy (non-hydrogen) atoms. The van der Waals surface area contributed by atoms with Crippen molar-refractivity contribution in [2.45, 2.75) is 37.8 Å². The van der Waals surface area contributed by atoms with E-state index in [-0.39, 0.29) is 12.1 Å². The molecule has 1 saturated carbocycles. The number of aromatic amines is 1. The van der Waals surface area contributed by atoms with Gasteiger partial charge in [0.1, 0.15) is 11.4 Å². The molecular weight excluding hydrogens is 252 g/mol. The van der Waals surface area contributed by atoms with Gasteiger partial charge in [0.2, 0.25) is 0 Å². The van der Waals surface area contributed by atoms with Gasteiger partial charge in [-0.2, -0.15) is 15.4 Å². The number of nitrogens with zero attached hydrogens (tertiary/aromatic N) is 2. The Bertz CT molecular complexity index is 546. The van der Waals surface area contributed by atoms with Crippen molar-refractivity contribution in [3.63, 3.8) is 0 Å². The van der Waals surface area contributed by atoms with Crippen LogP contribution in [0.2, 0.25) is 0 Å². The zero-order valence-electron chi connectivity index (χ0n) is 11.5. The minimum atomic E-state index is -0.132. The summed E-state index contributed by atoms with van der Waals surface area (Å²) >= 11 is 0.